The van der Waals surface area contributed by atoms with Crippen molar-refractivity contribution in [1.82, 2.24) is 0 Å². The minimum atomic E-state index is 0.305. The average Bonchev–Trinajstić information content (AvgIpc) is 1.93. The van der Waals surface area contributed by atoms with Crippen LogP contribution in [0.5, 0.6) is 0 Å². The van der Waals surface area contributed by atoms with Gasteiger partial charge in [-0.15, -0.1) is 0 Å². The summed E-state index contributed by atoms with van der Waals surface area (Å²) in [5.74, 6) is 0. The summed E-state index contributed by atoms with van der Waals surface area (Å²) < 4.78 is 6.13. The van der Waals surface area contributed by atoms with Gasteiger partial charge in [-0.1, -0.05) is 0 Å². The van der Waals surface area contributed by atoms with Gasteiger partial charge in [0.05, 0.1) is 0 Å². The summed E-state index contributed by atoms with van der Waals surface area (Å²) in [5.41, 5.74) is 0.305. The zero-order valence-corrected chi connectivity index (χ0v) is 13.1. The van der Waals surface area contributed by atoms with Crippen molar-refractivity contribution in [3.8, 4) is 0 Å². The third kappa shape index (κ3) is 7.12. The molecule has 0 N–H and O–H groups in total. The first kappa shape index (κ1) is 14.8. The first-order chi connectivity index (χ1) is 6.17. The van der Waals surface area contributed by atoms with Crippen LogP contribution in [0.2, 0.25) is 4.09 Å². The van der Waals surface area contributed by atoms with Gasteiger partial charge in [0.1, 0.15) is 0 Å². The van der Waals surface area contributed by atoms with Crippen LogP contribution in [0.1, 0.15) is 53.9 Å². The Morgan fingerprint density at radius 1 is 1.21 bits per heavy atom. The van der Waals surface area contributed by atoms with E-state index in [1.807, 2.05) is 0 Å². The zero-order valence-electron chi connectivity index (χ0n) is 11.1. The molecule has 0 amide bonds. The van der Waals surface area contributed by atoms with Gasteiger partial charge in [0.25, 0.3) is 0 Å². The molecule has 0 aromatic rings. The molecule has 80 valence electrons. The van der Waals surface area contributed by atoms with Gasteiger partial charge in [-0.2, -0.15) is 0 Å². The molecule has 0 saturated carbocycles. The number of hydrogen-bond donors (Lipinski definition) is 0. The van der Waals surface area contributed by atoms with E-state index in [9.17, 15) is 0 Å². The molecule has 0 aliphatic carbocycles. The first-order valence-corrected chi connectivity index (χ1v) is 6.51. The van der Waals surface area contributed by atoms with Crippen molar-refractivity contribution in [3.63, 3.8) is 0 Å². The monoisotopic (exact) mass is 208 g/mol. The normalized spacial score (nSPS) is 15.9. The van der Waals surface area contributed by atoms with Crippen LogP contribution in [0.15, 0.2) is 0 Å². The Morgan fingerprint density at radius 2 is 1.71 bits per heavy atom. The van der Waals surface area contributed by atoms with Crippen molar-refractivity contribution in [1.29, 1.82) is 0 Å². The van der Waals surface area contributed by atoms with E-state index >= 15 is 0 Å². The molecule has 0 aromatic carbocycles. The maximum atomic E-state index is 5.67. The number of hydrogen-bond acceptors (Lipinski definition) is 1. The van der Waals surface area contributed by atoms with Crippen molar-refractivity contribution in [2.75, 3.05) is 0 Å². The maximum absolute atomic E-state index is 5.67. The molecule has 1 atom stereocenters. The van der Waals surface area contributed by atoms with E-state index in [4.69, 9.17) is 4.43 Å². The molecule has 0 saturated heterocycles. The van der Waals surface area contributed by atoms with Gasteiger partial charge in [-0.3, -0.25) is 0 Å². The van der Waals surface area contributed by atoms with E-state index in [1.165, 1.54) is 19.3 Å². The first-order valence-electron chi connectivity index (χ1n) is 5.69. The summed E-state index contributed by atoms with van der Waals surface area (Å²) >= 11 is 2.31. The van der Waals surface area contributed by atoms with Crippen LogP contribution < -0.4 is 0 Å². The fourth-order valence-electron chi connectivity index (χ4n) is 1.72. The molecule has 14 heavy (non-hydrogen) atoms. The molecule has 0 aliphatic heterocycles. The molecule has 0 radical (unpaired) electrons. The molecule has 0 heterocycles. The van der Waals surface area contributed by atoms with Crippen LogP contribution in [0.3, 0.4) is 0 Å². The van der Waals surface area contributed by atoms with Gasteiger partial charge in [0, 0.05) is 0 Å². The van der Waals surface area contributed by atoms with Crippen LogP contribution in [0, 0.1) is 5.41 Å². The quantitative estimate of drug-likeness (QED) is 0.630. The van der Waals surface area contributed by atoms with Crippen LogP contribution in [0.4, 0.5) is 0 Å². The summed E-state index contributed by atoms with van der Waals surface area (Å²) in [7, 11) is 0.859. The molecule has 1 nitrogen and oxygen atoms in total. The third-order valence-electron chi connectivity index (χ3n) is 2.64. The van der Waals surface area contributed by atoms with Crippen molar-refractivity contribution in [3.05, 3.63) is 0 Å². The van der Waals surface area contributed by atoms with Gasteiger partial charge in [0.2, 0.25) is 0 Å². The van der Waals surface area contributed by atoms with E-state index in [0.29, 0.717) is 15.6 Å². The second kappa shape index (κ2) is 5.75. The van der Waals surface area contributed by atoms with Crippen LogP contribution in [0.25, 0.3) is 0 Å². The van der Waals surface area contributed by atoms with E-state index in [0.717, 1.165) is 10.5 Å². The van der Waals surface area contributed by atoms with Gasteiger partial charge in [0.15, 0.2) is 0 Å². The standard InChI is InChI=1S/C11H25OSi.Li/c1-9(2)7-6-8-10(12-13)11(3,4)5;/h10H,6-8H2,1-5,13H3;. The predicted octanol–water partition coefficient (Wildman–Crippen LogP) is 2.24. The molecular formula is C11H25LiOSi. The topological polar surface area (TPSA) is 9.23 Å². The summed E-state index contributed by atoms with van der Waals surface area (Å²) in [6.45, 7) is 11.4. The molecule has 0 fully saturated rings. The molecule has 0 spiro atoms. The van der Waals surface area contributed by atoms with Crippen molar-refractivity contribution < 1.29 is 4.43 Å². The van der Waals surface area contributed by atoms with Gasteiger partial charge in [-0.25, -0.2) is 0 Å². The van der Waals surface area contributed by atoms with Crippen LogP contribution >= 0.6 is 0 Å². The summed E-state index contributed by atoms with van der Waals surface area (Å²) in [5, 5.41) is 0. The summed E-state index contributed by atoms with van der Waals surface area (Å²) in [6, 6.07) is 0. The summed E-state index contributed by atoms with van der Waals surface area (Å²) in [6.07, 6.45) is 4.25. The Labute approximate surface area is 102 Å². The molecule has 0 aliphatic rings. The van der Waals surface area contributed by atoms with Crippen molar-refractivity contribution in [2.45, 2.75) is 64.1 Å². The Morgan fingerprint density at radius 3 is 2.00 bits per heavy atom. The molecule has 0 rings (SSSR count). The molecule has 0 bridgehead atoms. The third-order valence-corrected chi connectivity index (χ3v) is 3.21. The molecule has 3 heteroatoms. The van der Waals surface area contributed by atoms with Gasteiger partial charge >= 0.3 is 102 Å². The van der Waals surface area contributed by atoms with Crippen molar-refractivity contribution in [2.24, 2.45) is 5.41 Å². The zero-order chi connectivity index (χ0) is 11.4. The van der Waals surface area contributed by atoms with Gasteiger partial charge < -0.3 is 0 Å². The van der Waals surface area contributed by atoms with E-state index in [1.54, 1.807) is 0 Å². The molecule has 0 aromatic heterocycles. The fraction of sp³-hybridized carbons (Fsp3) is 1.00. The van der Waals surface area contributed by atoms with Crippen LogP contribution in [-0.4, -0.2) is 34.3 Å². The average molecular weight is 208 g/mol. The van der Waals surface area contributed by atoms with Crippen molar-refractivity contribution >= 4 is 28.2 Å². The SMILES string of the molecule is [Li][C](C)(C)CCCC(O[SiH3])C(C)(C)C. The Bertz CT molecular complexity index is 158. The number of rotatable bonds is 5. The fourth-order valence-corrected chi connectivity index (χ4v) is 2.67. The molecular weight excluding hydrogens is 183 g/mol. The second-order valence-corrected chi connectivity index (χ2v) is 7.01. The van der Waals surface area contributed by atoms with E-state index in [-0.39, 0.29) is 0 Å². The van der Waals surface area contributed by atoms with Gasteiger partial charge in [-0.05, 0) is 0 Å². The van der Waals surface area contributed by atoms with E-state index < -0.39 is 0 Å². The van der Waals surface area contributed by atoms with E-state index in [2.05, 4.69) is 52.3 Å². The minimum absolute atomic E-state index is 0.305. The Kier molecular flexibility index (Phi) is 6.07. The summed E-state index contributed by atoms with van der Waals surface area (Å²) in [4.78, 5) is 0. The van der Waals surface area contributed by atoms with Crippen LogP contribution in [-0.2, 0) is 4.43 Å². The second-order valence-electron chi connectivity index (χ2n) is 6.54. The predicted molar refractivity (Wildman–Crippen MR) is 67.9 cm³/mol. The molecule has 1 unspecified atom stereocenters. The Hall–Kier alpha value is 0.774. The Balaban J connectivity index is 3.87.